The fourth-order valence-corrected chi connectivity index (χ4v) is 2.77. The number of alkyl halides is 1. The Morgan fingerprint density at radius 3 is 2.81 bits per heavy atom. The Labute approximate surface area is 103 Å². The fraction of sp³-hybridized carbons (Fsp3) is 0.500. The Balaban J connectivity index is 2.00. The van der Waals surface area contributed by atoms with Crippen LogP contribution in [0.15, 0.2) is 18.2 Å². The Morgan fingerprint density at radius 2 is 2.12 bits per heavy atom. The zero-order chi connectivity index (χ0) is 11.5. The second-order valence-corrected chi connectivity index (χ2v) is 5.52. The molecule has 0 saturated carbocycles. The summed E-state index contributed by atoms with van der Waals surface area (Å²) in [5.74, 6) is -1.54. The van der Waals surface area contributed by atoms with Crippen LogP contribution in [0.2, 0.25) is 0 Å². The van der Waals surface area contributed by atoms with Crippen LogP contribution in [0.4, 0.5) is 8.78 Å². The van der Waals surface area contributed by atoms with Gasteiger partial charge in [0, 0.05) is 17.9 Å². The molecule has 0 aromatic heterocycles. The Kier molecular flexibility index (Phi) is 3.92. The van der Waals surface area contributed by atoms with Gasteiger partial charge in [-0.05, 0) is 37.1 Å². The minimum Gasteiger partial charge on any atom is -0.298 e. The molecule has 0 radical (unpaired) electrons. The van der Waals surface area contributed by atoms with E-state index in [1.54, 1.807) is 6.07 Å². The predicted molar refractivity (Wildman–Crippen MR) is 63.6 cm³/mol. The third-order valence-corrected chi connectivity index (χ3v) is 3.59. The summed E-state index contributed by atoms with van der Waals surface area (Å²) in [6, 6.07) is 4.13. The second kappa shape index (κ2) is 5.23. The van der Waals surface area contributed by atoms with Crippen molar-refractivity contribution in [2.75, 3.05) is 13.1 Å². The molecule has 1 unspecified atom stereocenters. The predicted octanol–water partition coefficient (Wildman–Crippen LogP) is 3.32. The van der Waals surface area contributed by atoms with Gasteiger partial charge < -0.3 is 0 Å². The van der Waals surface area contributed by atoms with Crippen molar-refractivity contribution < 1.29 is 8.78 Å². The number of halogens is 3. The maximum Gasteiger partial charge on any atom is 0.159 e. The van der Waals surface area contributed by atoms with E-state index in [1.807, 2.05) is 0 Å². The van der Waals surface area contributed by atoms with E-state index in [0.29, 0.717) is 11.4 Å². The van der Waals surface area contributed by atoms with Gasteiger partial charge in [-0.1, -0.05) is 22.0 Å². The monoisotopic (exact) mass is 289 g/mol. The van der Waals surface area contributed by atoms with Gasteiger partial charge in [0.05, 0.1) is 0 Å². The van der Waals surface area contributed by atoms with Crippen molar-refractivity contribution in [3.63, 3.8) is 0 Å². The maximum atomic E-state index is 13.0. The molecule has 0 N–H and O–H groups in total. The molecule has 16 heavy (non-hydrogen) atoms. The van der Waals surface area contributed by atoms with E-state index in [-0.39, 0.29) is 0 Å². The Hall–Kier alpha value is -0.480. The Bertz CT molecular complexity index is 370. The number of nitrogens with zero attached hydrogens (tertiary/aromatic N) is 1. The lowest BCUT2D eigenvalue weighted by Gasteiger charge is -2.29. The minimum atomic E-state index is -0.777. The minimum absolute atomic E-state index is 0.520. The van der Waals surface area contributed by atoms with Gasteiger partial charge in [0.25, 0.3) is 0 Å². The van der Waals surface area contributed by atoms with E-state index in [4.69, 9.17) is 0 Å². The first-order valence-electron chi connectivity index (χ1n) is 5.45. The molecule has 1 aliphatic rings. The molecule has 2 rings (SSSR count). The van der Waals surface area contributed by atoms with Gasteiger partial charge in [-0.25, -0.2) is 8.78 Å². The highest BCUT2D eigenvalue weighted by Crippen LogP contribution is 2.19. The summed E-state index contributed by atoms with van der Waals surface area (Å²) in [7, 11) is 0. The first kappa shape index (κ1) is 12.0. The molecule has 1 saturated heterocycles. The average Bonchev–Trinajstić information content (AvgIpc) is 2.24. The van der Waals surface area contributed by atoms with E-state index < -0.39 is 11.6 Å². The van der Waals surface area contributed by atoms with Crippen LogP contribution in [-0.4, -0.2) is 22.8 Å². The summed E-state index contributed by atoms with van der Waals surface area (Å²) < 4.78 is 25.8. The zero-order valence-corrected chi connectivity index (χ0v) is 10.5. The van der Waals surface area contributed by atoms with Crippen molar-refractivity contribution in [2.24, 2.45) is 0 Å². The van der Waals surface area contributed by atoms with E-state index in [2.05, 4.69) is 20.8 Å². The highest BCUT2D eigenvalue weighted by atomic mass is 79.9. The van der Waals surface area contributed by atoms with Gasteiger partial charge >= 0.3 is 0 Å². The fourth-order valence-electron chi connectivity index (χ4n) is 2.04. The van der Waals surface area contributed by atoms with Gasteiger partial charge in [0.2, 0.25) is 0 Å². The molecule has 0 aliphatic carbocycles. The highest BCUT2D eigenvalue weighted by Gasteiger charge is 2.17. The van der Waals surface area contributed by atoms with Crippen molar-refractivity contribution in [2.45, 2.75) is 24.2 Å². The second-order valence-electron chi connectivity index (χ2n) is 4.22. The van der Waals surface area contributed by atoms with Crippen LogP contribution in [0.25, 0.3) is 0 Å². The largest absolute Gasteiger partial charge is 0.298 e. The molecule has 0 spiro atoms. The average molecular weight is 290 g/mol. The summed E-state index contributed by atoms with van der Waals surface area (Å²) in [6.45, 7) is 2.69. The van der Waals surface area contributed by atoms with Gasteiger partial charge in [0.15, 0.2) is 11.6 Å². The lowest BCUT2D eigenvalue weighted by atomic mass is 10.1. The molecule has 4 heteroatoms. The van der Waals surface area contributed by atoms with E-state index in [0.717, 1.165) is 25.1 Å². The lowest BCUT2D eigenvalue weighted by molar-refractivity contribution is 0.227. The first-order chi connectivity index (χ1) is 7.65. The highest BCUT2D eigenvalue weighted by molar-refractivity contribution is 9.09. The molecule has 1 fully saturated rings. The smallest absolute Gasteiger partial charge is 0.159 e. The number of benzene rings is 1. The third kappa shape index (κ3) is 3.01. The lowest BCUT2D eigenvalue weighted by Crippen LogP contribution is -2.35. The SMILES string of the molecule is Fc1ccc(CN2CCCC(Br)C2)cc1F. The maximum absolute atomic E-state index is 13.0. The van der Waals surface area contributed by atoms with Crippen LogP contribution >= 0.6 is 15.9 Å². The summed E-state index contributed by atoms with van der Waals surface area (Å²) in [5.41, 5.74) is 0.834. The molecular formula is C12H14BrF2N. The number of hydrogen-bond donors (Lipinski definition) is 0. The van der Waals surface area contributed by atoms with Gasteiger partial charge in [-0.3, -0.25) is 4.90 Å². The molecular weight excluding hydrogens is 276 g/mol. The molecule has 0 bridgehead atoms. The molecule has 1 aliphatic heterocycles. The van der Waals surface area contributed by atoms with Crippen LogP contribution in [0.3, 0.4) is 0 Å². The van der Waals surface area contributed by atoms with Crippen molar-refractivity contribution in [3.8, 4) is 0 Å². The normalized spacial score (nSPS) is 22.3. The summed E-state index contributed by atoms with van der Waals surface area (Å²) in [5, 5.41) is 0. The van der Waals surface area contributed by atoms with Crippen LogP contribution in [0.1, 0.15) is 18.4 Å². The summed E-state index contributed by atoms with van der Waals surface area (Å²) in [4.78, 5) is 2.78. The van der Waals surface area contributed by atoms with Gasteiger partial charge in [-0.15, -0.1) is 0 Å². The van der Waals surface area contributed by atoms with Gasteiger partial charge in [0.1, 0.15) is 0 Å². The summed E-state index contributed by atoms with van der Waals surface area (Å²) in [6.07, 6.45) is 2.34. The van der Waals surface area contributed by atoms with E-state index >= 15 is 0 Å². The van der Waals surface area contributed by atoms with Crippen LogP contribution < -0.4 is 0 Å². The molecule has 0 amide bonds. The molecule has 1 nitrogen and oxygen atoms in total. The number of likely N-dealkylation sites (tertiary alicyclic amines) is 1. The third-order valence-electron chi connectivity index (χ3n) is 2.84. The topological polar surface area (TPSA) is 3.24 Å². The van der Waals surface area contributed by atoms with Crippen LogP contribution in [0, 0.1) is 11.6 Å². The first-order valence-corrected chi connectivity index (χ1v) is 6.37. The number of rotatable bonds is 2. The number of hydrogen-bond acceptors (Lipinski definition) is 1. The molecule has 1 aromatic rings. The van der Waals surface area contributed by atoms with Crippen molar-refractivity contribution >= 4 is 15.9 Å². The van der Waals surface area contributed by atoms with Gasteiger partial charge in [-0.2, -0.15) is 0 Å². The van der Waals surface area contributed by atoms with E-state index in [1.165, 1.54) is 18.6 Å². The van der Waals surface area contributed by atoms with Crippen molar-refractivity contribution in [1.82, 2.24) is 4.90 Å². The molecule has 1 atom stereocenters. The molecule has 1 aromatic carbocycles. The number of piperidine rings is 1. The quantitative estimate of drug-likeness (QED) is 0.755. The standard InChI is InChI=1S/C12H14BrF2N/c13-10-2-1-5-16(8-10)7-9-3-4-11(14)12(15)6-9/h3-4,6,10H,1-2,5,7-8H2. The zero-order valence-electron chi connectivity index (χ0n) is 8.93. The van der Waals surface area contributed by atoms with Crippen LogP contribution in [0.5, 0.6) is 0 Å². The Morgan fingerprint density at radius 1 is 1.31 bits per heavy atom. The van der Waals surface area contributed by atoms with E-state index in [9.17, 15) is 8.78 Å². The van der Waals surface area contributed by atoms with Crippen LogP contribution in [-0.2, 0) is 6.54 Å². The summed E-state index contributed by atoms with van der Waals surface area (Å²) >= 11 is 3.59. The van der Waals surface area contributed by atoms with Crippen molar-refractivity contribution in [1.29, 1.82) is 0 Å². The molecule has 88 valence electrons. The van der Waals surface area contributed by atoms with Crippen molar-refractivity contribution in [3.05, 3.63) is 35.4 Å². The molecule has 1 heterocycles.